The maximum atomic E-state index is 13.3. The highest BCUT2D eigenvalue weighted by atomic mass is 16.7. The van der Waals surface area contributed by atoms with Crippen molar-refractivity contribution in [1.29, 1.82) is 0 Å². The van der Waals surface area contributed by atoms with E-state index in [1.54, 1.807) is 12.2 Å². The zero-order valence-corrected chi connectivity index (χ0v) is 42.8. The molecule has 0 aromatic heterocycles. The number of aliphatic hydroxyl groups excluding tert-OH is 5. The zero-order valence-electron chi connectivity index (χ0n) is 42.8. The van der Waals surface area contributed by atoms with Crippen LogP contribution in [0.5, 0.6) is 0 Å². The lowest BCUT2D eigenvalue weighted by atomic mass is 9.99. The minimum atomic E-state index is -1.63. The number of hydrogen-bond acceptors (Lipinski definition) is 10. The van der Waals surface area contributed by atoms with Gasteiger partial charge in [0.25, 0.3) is 0 Å². The van der Waals surface area contributed by atoms with E-state index in [9.17, 15) is 35.1 Å². The average molecular weight is 948 g/mol. The van der Waals surface area contributed by atoms with Gasteiger partial charge in [-0.15, -0.1) is 0 Å². The average Bonchev–Trinajstić information content (AvgIpc) is 3.32. The first-order valence-electron chi connectivity index (χ1n) is 27.4. The Morgan fingerprint density at radius 3 is 1.54 bits per heavy atom. The molecule has 0 aromatic rings. The second-order valence-electron chi connectivity index (χ2n) is 19.0. The Balaban J connectivity index is 2.82. The molecular formula is C56H101NO10. The molecular weight excluding hydrogens is 847 g/mol. The lowest BCUT2D eigenvalue weighted by Gasteiger charge is -2.41. The highest BCUT2D eigenvalue weighted by Crippen LogP contribution is 2.26. The number of ether oxygens (including phenoxy) is 3. The molecule has 1 fully saturated rings. The number of aliphatic hydroxyl groups is 5. The van der Waals surface area contributed by atoms with E-state index in [2.05, 4.69) is 50.4 Å². The minimum Gasteiger partial charge on any atom is -0.454 e. The predicted molar refractivity (Wildman–Crippen MR) is 273 cm³/mol. The molecule has 0 aromatic carbocycles. The molecule has 11 nitrogen and oxygen atoms in total. The number of hydrogen-bond donors (Lipinski definition) is 6. The lowest BCUT2D eigenvalue weighted by molar-refractivity contribution is -0.305. The fourth-order valence-corrected chi connectivity index (χ4v) is 8.28. The largest absolute Gasteiger partial charge is 0.454 e. The maximum Gasteiger partial charge on any atom is 0.306 e. The molecule has 1 heterocycles. The first kappa shape index (κ1) is 62.6. The van der Waals surface area contributed by atoms with Crippen LogP contribution in [0.4, 0.5) is 0 Å². The van der Waals surface area contributed by atoms with Crippen LogP contribution in [0, 0.1) is 0 Å². The summed E-state index contributed by atoms with van der Waals surface area (Å²) in [5, 5.41) is 56.5. The molecule has 0 bridgehead atoms. The molecule has 6 N–H and O–H groups in total. The summed E-state index contributed by atoms with van der Waals surface area (Å²) in [4.78, 5) is 26.3. The topological polar surface area (TPSA) is 175 Å². The van der Waals surface area contributed by atoms with E-state index in [1.807, 2.05) is 12.2 Å². The summed E-state index contributed by atoms with van der Waals surface area (Å²) in [6, 6.07) is -1.05. The number of amides is 1. The molecule has 11 heteroatoms. The molecule has 390 valence electrons. The van der Waals surface area contributed by atoms with Gasteiger partial charge in [-0.2, -0.15) is 0 Å². The molecule has 1 aliphatic heterocycles. The van der Waals surface area contributed by atoms with Gasteiger partial charge in [-0.25, -0.2) is 0 Å². The lowest BCUT2D eigenvalue weighted by Crippen LogP contribution is -2.61. The van der Waals surface area contributed by atoms with Gasteiger partial charge in [0, 0.05) is 12.8 Å². The van der Waals surface area contributed by atoms with Gasteiger partial charge in [0.2, 0.25) is 5.91 Å². The summed E-state index contributed by atoms with van der Waals surface area (Å²) in [6.07, 6.45) is 41.8. The molecule has 0 saturated carbocycles. The molecule has 67 heavy (non-hydrogen) atoms. The van der Waals surface area contributed by atoms with E-state index < -0.39 is 67.4 Å². The standard InChI is InChI=1S/C56H101NO10/c1-4-7-10-13-16-19-22-25-28-30-33-36-39-42-48(59)47(57-55(64)49(60)43-40-37-34-31-27-24-21-18-15-12-9-6-3)46-65-56-54(53(63)52(62)50(45-58)66-56)67-51(61)44-41-38-35-32-29-26-23-20-17-14-11-8-5-2/h26-27,29,31,37,39-40,42,47-50,52-54,56,58-60,62-63H,4-25,28,30,32-36,38,41,43-46H2,1-3H3,(H,57,64)/b29-26-,31-27-,40-37+,42-39+. The van der Waals surface area contributed by atoms with E-state index in [1.165, 1.54) is 135 Å². The Hall–Kier alpha value is -2.38. The summed E-state index contributed by atoms with van der Waals surface area (Å²) >= 11 is 0. The SMILES string of the molecule is CCCCCCCC/C=C\C/C=C/CC(O)C(=O)NC(COC1OC(CO)C(O)C(O)C1OC(=O)CCCCC/C=C\CCCCCCCC)C(O)/C=C/CCCCCCCCCCCCC. The summed E-state index contributed by atoms with van der Waals surface area (Å²) in [7, 11) is 0. The van der Waals surface area contributed by atoms with Gasteiger partial charge < -0.3 is 45.1 Å². The van der Waals surface area contributed by atoms with Crippen LogP contribution in [-0.4, -0.2) is 99.6 Å². The quantitative estimate of drug-likeness (QED) is 0.0196. The summed E-state index contributed by atoms with van der Waals surface area (Å²) in [6.45, 7) is 5.70. The fourth-order valence-electron chi connectivity index (χ4n) is 8.28. The third-order valence-corrected chi connectivity index (χ3v) is 12.7. The van der Waals surface area contributed by atoms with Crippen LogP contribution in [-0.2, 0) is 23.8 Å². The Morgan fingerprint density at radius 2 is 1.03 bits per heavy atom. The van der Waals surface area contributed by atoms with Crippen molar-refractivity contribution < 1.29 is 49.3 Å². The molecule has 8 atom stereocenters. The van der Waals surface area contributed by atoms with Gasteiger partial charge in [0.1, 0.15) is 24.4 Å². The van der Waals surface area contributed by atoms with E-state index in [-0.39, 0.29) is 19.4 Å². The van der Waals surface area contributed by atoms with Gasteiger partial charge >= 0.3 is 5.97 Å². The highest BCUT2D eigenvalue weighted by Gasteiger charge is 2.47. The number of esters is 1. The van der Waals surface area contributed by atoms with Gasteiger partial charge in [-0.3, -0.25) is 9.59 Å². The van der Waals surface area contributed by atoms with Crippen LogP contribution in [0.1, 0.15) is 233 Å². The van der Waals surface area contributed by atoms with Crippen molar-refractivity contribution in [2.45, 2.75) is 282 Å². The van der Waals surface area contributed by atoms with Crippen LogP contribution >= 0.6 is 0 Å². The maximum absolute atomic E-state index is 13.3. The Bertz CT molecular complexity index is 1270. The number of carbonyl (C=O) groups excluding carboxylic acids is 2. The van der Waals surface area contributed by atoms with Gasteiger partial charge in [0.05, 0.1) is 25.4 Å². The fraction of sp³-hybridized carbons (Fsp3) is 0.821. The number of nitrogens with one attached hydrogen (secondary N) is 1. The van der Waals surface area contributed by atoms with Gasteiger partial charge in [-0.1, -0.05) is 204 Å². The molecule has 0 aliphatic carbocycles. The third kappa shape index (κ3) is 33.7. The van der Waals surface area contributed by atoms with E-state index in [0.717, 1.165) is 51.4 Å². The van der Waals surface area contributed by atoms with Gasteiger partial charge in [-0.05, 0) is 64.2 Å². The van der Waals surface area contributed by atoms with Crippen molar-refractivity contribution in [3.05, 3.63) is 48.6 Å². The summed E-state index contributed by atoms with van der Waals surface area (Å²) in [5.74, 6) is -1.28. The molecule has 1 saturated heterocycles. The van der Waals surface area contributed by atoms with Crippen molar-refractivity contribution in [2.75, 3.05) is 13.2 Å². The van der Waals surface area contributed by atoms with Crippen molar-refractivity contribution in [3.63, 3.8) is 0 Å². The highest BCUT2D eigenvalue weighted by molar-refractivity contribution is 5.81. The second-order valence-corrected chi connectivity index (χ2v) is 19.0. The van der Waals surface area contributed by atoms with Crippen molar-refractivity contribution in [1.82, 2.24) is 5.32 Å². The van der Waals surface area contributed by atoms with Crippen LogP contribution in [0.25, 0.3) is 0 Å². The number of rotatable bonds is 45. The Labute approximate surface area is 408 Å². The molecule has 1 amide bonds. The van der Waals surface area contributed by atoms with Crippen molar-refractivity contribution in [3.8, 4) is 0 Å². The van der Waals surface area contributed by atoms with Crippen molar-refractivity contribution >= 4 is 11.9 Å². The second kappa shape index (κ2) is 44.8. The summed E-state index contributed by atoms with van der Waals surface area (Å²) < 4.78 is 17.5. The van der Waals surface area contributed by atoms with Gasteiger partial charge in [0.15, 0.2) is 12.4 Å². The molecule has 1 aliphatic rings. The first-order chi connectivity index (χ1) is 32.7. The van der Waals surface area contributed by atoms with Crippen molar-refractivity contribution in [2.24, 2.45) is 0 Å². The van der Waals surface area contributed by atoms with E-state index >= 15 is 0 Å². The van der Waals surface area contributed by atoms with E-state index in [4.69, 9.17) is 14.2 Å². The van der Waals surface area contributed by atoms with Crippen LogP contribution in [0.2, 0.25) is 0 Å². The molecule has 1 rings (SSSR count). The van der Waals surface area contributed by atoms with Crippen LogP contribution in [0.15, 0.2) is 48.6 Å². The Kier molecular flexibility index (Phi) is 41.9. The molecule has 0 spiro atoms. The molecule has 0 radical (unpaired) electrons. The Morgan fingerprint density at radius 1 is 0.582 bits per heavy atom. The zero-order chi connectivity index (χ0) is 49.0. The normalized spacial score (nSPS) is 20.4. The monoisotopic (exact) mass is 948 g/mol. The predicted octanol–water partition coefficient (Wildman–Crippen LogP) is 11.7. The number of carbonyl (C=O) groups is 2. The smallest absolute Gasteiger partial charge is 0.306 e. The van der Waals surface area contributed by atoms with E-state index in [0.29, 0.717) is 12.8 Å². The van der Waals surface area contributed by atoms with Crippen LogP contribution in [0.3, 0.4) is 0 Å². The third-order valence-electron chi connectivity index (χ3n) is 12.7. The first-order valence-corrected chi connectivity index (χ1v) is 27.4. The molecule has 8 unspecified atom stereocenters. The number of allylic oxidation sites excluding steroid dienone is 6. The number of unbranched alkanes of at least 4 members (excludes halogenated alkanes) is 26. The minimum absolute atomic E-state index is 0.0808. The van der Waals surface area contributed by atoms with Crippen LogP contribution < -0.4 is 5.32 Å². The summed E-state index contributed by atoms with van der Waals surface area (Å²) in [5.41, 5.74) is 0.